The molecule has 1 aromatic rings. The van der Waals surface area contributed by atoms with Crippen LogP contribution in [0.1, 0.15) is 38.2 Å². The van der Waals surface area contributed by atoms with Crippen molar-refractivity contribution >= 4 is 23.2 Å². The van der Waals surface area contributed by atoms with Crippen molar-refractivity contribution < 1.29 is 4.79 Å². The van der Waals surface area contributed by atoms with Crippen LogP contribution in [0, 0.1) is 18.8 Å². The normalized spacial score (nSPS) is 23.7. The van der Waals surface area contributed by atoms with Gasteiger partial charge >= 0.3 is 0 Å². The molecular weight excluding hydrogens is 248 g/mol. The molecule has 4 heteroatoms. The molecule has 1 aliphatic carbocycles. The molecule has 3 nitrogen and oxygen atoms in total. The lowest BCUT2D eigenvalue weighted by atomic mass is 9.82. The number of carbonyl (C=O) groups is 1. The van der Waals surface area contributed by atoms with Crippen molar-refractivity contribution in [3.8, 4) is 0 Å². The van der Waals surface area contributed by atoms with Gasteiger partial charge in [0.15, 0.2) is 5.15 Å². The molecule has 1 heterocycles. The van der Waals surface area contributed by atoms with Crippen molar-refractivity contribution in [1.29, 1.82) is 0 Å². The van der Waals surface area contributed by atoms with Gasteiger partial charge in [-0.05, 0) is 50.2 Å². The maximum atomic E-state index is 12.1. The van der Waals surface area contributed by atoms with E-state index in [4.69, 9.17) is 11.6 Å². The first-order valence-electron chi connectivity index (χ1n) is 6.49. The molecule has 0 radical (unpaired) electrons. The second kappa shape index (κ2) is 5.70. The van der Waals surface area contributed by atoms with Gasteiger partial charge in [-0.3, -0.25) is 4.79 Å². The largest absolute Gasteiger partial charge is 0.323 e. The maximum absolute atomic E-state index is 12.1. The smallest absolute Gasteiger partial charge is 0.227 e. The van der Waals surface area contributed by atoms with Gasteiger partial charge in [0.05, 0.1) is 5.69 Å². The monoisotopic (exact) mass is 266 g/mol. The van der Waals surface area contributed by atoms with Crippen LogP contribution in [0.25, 0.3) is 0 Å². The summed E-state index contributed by atoms with van der Waals surface area (Å²) < 4.78 is 0. The molecule has 1 saturated carbocycles. The SMILES string of the molecule is Cc1cnc(Cl)c(NC(=O)C2CCC(C)CC2)c1. The number of halogens is 1. The number of amides is 1. The third-order valence-electron chi connectivity index (χ3n) is 3.62. The van der Waals surface area contributed by atoms with Crippen LogP contribution in [0.15, 0.2) is 12.3 Å². The molecule has 0 bridgehead atoms. The molecule has 0 aliphatic heterocycles. The molecule has 1 aliphatic rings. The van der Waals surface area contributed by atoms with Gasteiger partial charge in [0, 0.05) is 12.1 Å². The minimum atomic E-state index is 0.0798. The van der Waals surface area contributed by atoms with Crippen LogP contribution >= 0.6 is 11.6 Å². The molecule has 0 unspecified atom stereocenters. The van der Waals surface area contributed by atoms with Gasteiger partial charge in [-0.2, -0.15) is 0 Å². The number of aromatic nitrogens is 1. The highest BCUT2D eigenvalue weighted by Crippen LogP contribution is 2.30. The molecule has 2 rings (SSSR count). The zero-order valence-corrected chi connectivity index (χ0v) is 11.6. The summed E-state index contributed by atoms with van der Waals surface area (Å²) in [6, 6.07) is 1.86. The lowest BCUT2D eigenvalue weighted by molar-refractivity contribution is -0.121. The second-order valence-electron chi connectivity index (χ2n) is 5.30. The molecule has 1 N–H and O–H groups in total. The molecule has 0 atom stereocenters. The van der Waals surface area contributed by atoms with Gasteiger partial charge in [0.1, 0.15) is 0 Å². The first kappa shape index (κ1) is 13.3. The van der Waals surface area contributed by atoms with E-state index in [-0.39, 0.29) is 11.8 Å². The molecular formula is C14H19ClN2O. The predicted octanol–water partition coefficient (Wildman–Crippen LogP) is 3.81. The number of carbonyl (C=O) groups excluding carboxylic acids is 1. The van der Waals surface area contributed by atoms with Gasteiger partial charge in [0.2, 0.25) is 5.91 Å². The van der Waals surface area contributed by atoms with Gasteiger partial charge in [-0.25, -0.2) is 4.98 Å². The maximum Gasteiger partial charge on any atom is 0.227 e. The first-order chi connectivity index (χ1) is 8.56. The minimum Gasteiger partial charge on any atom is -0.323 e. The third kappa shape index (κ3) is 3.22. The number of hydrogen-bond acceptors (Lipinski definition) is 2. The van der Waals surface area contributed by atoms with E-state index >= 15 is 0 Å². The number of nitrogens with one attached hydrogen (secondary N) is 1. The fourth-order valence-corrected chi connectivity index (χ4v) is 2.55. The van der Waals surface area contributed by atoms with E-state index in [1.807, 2.05) is 13.0 Å². The lowest BCUT2D eigenvalue weighted by Crippen LogP contribution is -2.26. The highest BCUT2D eigenvalue weighted by atomic mass is 35.5. The zero-order valence-electron chi connectivity index (χ0n) is 10.9. The van der Waals surface area contributed by atoms with E-state index in [1.54, 1.807) is 6.20 Å². The Labute approximate surface area is 113 Å². The molecule has 0 aromatic carbocycles. The summed E-state index contributed by atoms with van der Waals surface area (Å²) in [5, 5.41) is 3.26. The fourth-order valence-electron chi connectivity index (χ4n) is 2.40. The van der Waals surface area contributed by atoms with E-state index in [0.29, 0.717) is 10.8 Å². The summed E-state index contributed by atoms with van der Waals surface area (Å²) in [5.41, 5.74) is 1.62. The number of rotatable bonds is 2. The van der Waals surface area contributed by atoms with Crippen LogP contribution in [-0.4, -0.2) is 10.9 Å². The quantitative estimate of drug-likeness (QED) is 0.827. The van der Waals surface area contributed by atoms with Crippen molar-refractivity contribution in [2.75, 3.05) is 5.32 Å². The van der Waals surface area contributed by atoms with Crippen molar-refractivity contribution in [2.45, 2.75) is 39.5 Å². The molecule has 1 aromatic heterocycles. The molecule has 18 heavy (non-hydrogen) atoms. The number of pyridine rings is 1. The topological polar surface area (TPSA) is 42.0 Å². The van der Waals surface area contributed by atoms with Crippen LogP contribution in [0.3, 0.4) is 0 Å². The van der Waals surface area contributed by atoms with Crippen LogP contribution < -0.4 is 5.32 Å². The Balaban J connectivity index is 2.00. The number of aryl methyl sites for hydroxylation is 1. The summed E-state index contributed by atoms with van der Waals surface area (Å²) in [6.45, 7) is 4.18. The van der Waals surface area contributed by atoms with E-state index in [9.17, 15) is 4.79 Å². The average Bonchev–Trinajstić information content (AvgIpc) is 2.34. The molecule has 0 saturated heterocycles. The summed E-state index contributed by atoms with van der Waals surface area (Å²) in [5.74, 6) is 0.951. The third-order valence-corrected chi connectivity index (χ3v) is 3.92. The summed E-state index contributed by atoms with van der Waals surface area (Å²) in [4.78, 5) is 16.2. The van der Waals surface area contributed by atoms with Gasteiger partial charge in [0.25, 0.3) is 0 Å². The Morgan fingerprint density at radius 1 is 1.39 bits per heavy atom. The summed E-state index contributed by atoms with van der Waals surface area (Å²) in [7, 11) is 0. The van der Waals surface area contributed by atoms with Crippen LogP contribution in [0.4, 0.5) is 5.69 Å². The average molecular weight is 267 g/mol. The number of anilines is 1. The Hall–Kier alpha value is -1.09. The van der Waals surface area contributed by atoms with Gasteiger partial charge in [-0.15, -0.1) is 0 Å². The standard InChI is InChI=1S/C14H19ClN2O/c1-9-3-5-11(6-4-9)14(18)17-12-7-10(2)8-16-13(12)15/h7-9,11H,3-6H2,1-2H3,(H,17,18). The summed E-state index contributed by atoms with van der Waals surface area (Å²) >= 11 is 5.98. The Bertz CT molecular complexity index is 439. The second-order valence-corrected chi connectivity index (χ2v) is 5.66. The summed E-state index contributed by atoms with van der Waals surface area (Å²) in [6.07, 6.45) is 5.92. The zero-order chi connectivity index (χ0) is 13.1. The number of hydrogen-bond donors (Lipinski definition) is 1. The molecule has 0 spiro atoms. The van der Waals surface area contributed by atoms with E-state index in [2.05, 4.69) is 17.2 Å². The highest BCUT2D eigenvalue weighted by molar-refractivity contribution is 6.32. The van der Waals surface area contributed by atoms with Crippen molar-refractivity contribution in [1.82, 2.24) is 4.98 Å². The fraction of sp³-hybridized carbons (Fsp3) is 0.571. The highest BCUT2D eigenvalue weighted by Gasteiger charge is 2.24. The lowest BCUT2D eigenvalue weighted by Gasteiger charge is -2.25. The first-order valence-corrected chi connectivity index (χ1v) is 6.87. The Morgan fingerprint density at radius 2 is 2.06 bits per heavy atom. The van der Waals surface area contributed by atoms with E-state index in [0.717, 1.165) is 37.2 Å². The van der Waals surface area contributed by atoms with Gasteiger partial charge < -0.3 is 5.32 Å². The van der Waals surface area contributed by atoms with Crippen LogP contribution in [0.2, 0.25) is 5.15 Å². The van der Waals surface area contributed by atoms with E-state index in [1.165, 1.54) is 0 Å². The molecule has 98 valence electrons. The minimum absolute atomic E-state index is 0.0798. The van der Waals surface area contributed by atoms with Gasteiger partial charge in [-0.1, -0.05) is 18.5 Å². The predicted molar refractivity (Wildman–Crippen MR) is 73.7 cm³/mol. The van der Waals surface area contributed by atoms with Crippen molar-refractivity contribution in [3.63, 3.8) is 0 Å². The Kier molecular flexibility index (Phi) is 4.23. The van der Waals surface area contributed by atoms with E-state index < -0.39 is 0 Å². The van der Waals surface area contributed by atoms with Crippen molar-refractivity contribution in [2.24, 2.45) is 11.8 Å². The van der Waals surface area contributed by atoms with Crippen LogP contribution in [0.5, 0.6) is 0 Å². The molecule has 1 amide bonds. The molecule has 1 fully saturated rings. The number of nitrogens with zero attached hydrogens (tertiary/aromatic N) is 1. The van der Waals surface area contributed by atoms with Crippen molar-refractivity contribution in [3.05, 3.63) is 23.0 Å². The van der Waals surface area contributed by atoms with Crippen LogP contribution in [-0.2, 0) is 4.79 Å². The Morgan fingerprint density at radius 3 is 2.72 bits per heavy atom.